The van der Waals surface area contributed by atoms with Crippen LogP contribution >= 0.6 is 0 Å². The van der Waals surface area contributed by atoms with Crippen LogP contribution in [0.25, 0.3) is 0 Å². The van der Waals surface area contributed by atoms with Gasteiger partial charge in [0.2, 0.25) is 0 Å². The van der Waals surface area contributed by atoms with Gasteiger partial charge in [-0.1, -0.05) is 37.3 Å². The van der Waals surface area contributed by atoms with Crippen LogP contribution in [-0.2, 0) is 10.8 Å². The number of Topliss-reactive ketones (excluding diaryl/α,β-unsaturated/α-hetero) is 1. The molecule has 1 atom stereocenters. The van der Waals surface area contributed by atoms with Crippen molar-refractivity contribution < 1.29 is 9.00 Å². The summed E-state index contributed by atoms with van der Waals surface area (Å²) in [5.74, 6) is 1.54. The number of benzene rings is 1. The van der Waals surface area contributed by atoms with E-state index in [4.69, 9.17) is 0 Å². The number of carbonyl (C=O) groups is 1. The van der Waals surface area contributed by atoms with E-state index in [1.165, 1.54) is 0 Å². The lowest BCUT2D eigenvalue weighted by Crippen LogP contribution is -2.05. The molecule has 0 saturated carbocycles. The molecule has 0 spiro atoms. The van der Waals surface area contributed by atoms with E-state index in [1.54, 1.807) is 0 Å². The SMILES string of the molecule is CCCS(=O)CCCC(=O)c1ccccc1. The second-order valence-corrected chi connectivity index (χ2v) is 5.44. The maximum absolute atomic E-state index is 11.7. The van der Waals surface area contributed by atoms with Gasteiger partial charge in [-0.05, 0) is 12.8 Å². The minimum absolute atomic E-state index is 0.147. The number of hydrogen-bond donors (Lipinski definition) is 0. The normalized spacial score (nSPS) is 12.3. The Bertz CT molecular complexity index is 346. The van der Waals surface area contributed by atoms with Crippen molar-refractivity contribution in [1.29, 1.82) is 0 Å². The van der Waals surface area contributed by atoms with Crippen LogP contribution in [0, 0.1) is 0 Å². The van der Waals surface area contributed by atoms with Gasteiger partial charge < -0.3 is 0 Å². The van der Waals surface area contributed by atoms with Crippen LogP contribution in [0.4, 0.5) is 0 Å². The number of ketones is 1. The van der Waals surface area contributed by atoms with Gasteiger partial charge in [0.1, 0.15) is 0 Å². The van der Waals surface area contributed by atoms with Gasteiger partial charge in [-0.2, -0.15) is 0 Å². The lowest BCUT2D eigenvalue weighted by molar-refractivity contribution is 0.0982. The molecule has 0 aromatic heterocycles. The van der Waals surface area contributed by atoms with E-state index in [9.17, 15) is 9.00 Å². The second kappa shape index (κ2) is 7.34. The van der Waals surface area contributed by atoms with E-state index >= 15 is 0 Å². The molecular formula is C13H18O2S. The van der Waals surface area contributed by atoms with Crippen molar-refractivity contribution in [3.63, 3.8) is 0 Å². The highest BCUT2D eigenvalue weighted by molar-refractivity contribution is 7.84. The van der Waals surface area contributed by atoms with E-state index in [-0.39, 0.29) is 5.78 Å². The van der Waals surface area contributed by atoms with Crippen molar-refractivity contribution in [2.24, 2.45) is 0 Å². The number of rotatable bonds is 7. The molecule has 1 rings (SSSR count). The number of hydrogen-bond acceptors (Lipinski definition) is 2. The van der Waals surface area contributed by atoms with Gasteiger partial charge in [-0.15, -0.1) is 0 Å². The average Bonchev–Trinajstić information content (AvgIpc) is 2.30. The summed E-state index contributed by atoms with van der Waals surface area (Å²) in [6.07, 6.45) is 2.17. The van der Waals surface area contributed by atoms with E-state index in [2.05, 4.69) is 0 Å². The molecule has 0 aliphatic carbocycles. The molecule has 1 aromatic carbocycles. The largest absolute Gasteiger partial charge is 0.294 e. The van der Waals surface area contributed by atoms with Gasteiger partial charge >= 0.3 is 0 Å². The molecule has 0 heterocycles. The molecule has 3 heteroatoms. The molecule has 0 amide bonds. The van der Waals surface area contributed by atoms with E-state index < -0.39 is 10.8 Å². The maximum Gasteiger partial charge on any atom is 0.162 e. The smallest absolute Gasteiger partial charge is 0.162 e. The molecule has 0 aliphatic heterocycles. The zero-order chi connectivity index (χ0) is 11.8. The second-order valence-electron chi connectivity index (χ2n) is 3.74. The topological polar surface area (TPSA) is 34.1 Å². The Balaban J connectivity index is 2.29. The van der Waals surface area contributed by atoms with E-state index in [0.29, 0.717) is 12.2 Å². The van der Waals surface area contributed by atoms with Crippen LogP contribution in [0.2, 0.25) is 0 Å². The van der Waals surface area contributed by atoms with Crippen LogP contribution in [0.15, 0.2) is 30.3 Å². The monoisotopic (exact) mass is 238 g/mol. The Morgan fingerprint density at radius 3 is 2.50 bits per heavy atom. The molecule has 2 nitrogen and oxygen atoms in total. The first kappa shape index (κ1) is 13.1. The van der Waals surface area contributed by atoms with Crippen LogP contribution in [0.1, 0.15) is 36.5 Å². The zero-order valence-electron chi connectivity index (χ0n) is 9.65. The first-order valence-corrected chi connectivity index (χ1v) is 7.16. The average molecular weight is 238 g/mol. The molecule has 1 aromatic rings. The molecular weight excluding hydrogens is 220 g/mol. The minimum atomic E-state index is -0.745. The summed E-state index contributed by atoms with van der Waals surface area (Å²) in [6.45, 7) is 2.02. The van der Waals surface area contributed by atoms with Gasteiger partial charge in [0.05, 0.1) is 0 Å². The molecule has 16 heavy (non-hydrogen) atoms. The molecule has 0 radical (unpaired) electrons. The van der Waals surface area contributed by atoms with E-state index in [1.807, 2.05) is 37.3 Å². The van der Waals surface area contributed by atoms with Crippen LogP contribution < -0.4 is 0 Å². The van der Waals surface area contributed by atoms with Gasteiger partial charge in [0, 0.05) is 34.3 Å². The lowest BCUT2D eigenvalue weighted by Gasteiger charge is -2.01. The lowest BCUT2D eigenvalue weighted by atomic mass is 10.1. The van der Waals surface area contributed by atoms with Crippen molar-refractivity contribution in [2.75, 3.05) is 11.5 Å². The summed E-state index contributed by atoms with van der Waals surface area (Å²) < 4.78 is 11.4. The third kappa shape index (κ3) is 4.71. The highest BCUT2D eigenvalue weighted by Crippen LogP contribution is 2.05. The maximum atomic E-state index is 11.7. The van der Waals surface area contributed by atoms with Crippen molar-refractivity contribution in [1.82, 2.24) is 0 Å². The Morgan fingerprint density at radius 2 is 1.88 bits per heavy atom. The quantitative estimate of drug-likeness (QED) is 0.684. The van der Waals surface area contributed by atoms with Crippen molar-refractivity contribution in [3.8, 4) is 0 Å². The molecule has 88 valence electrons. The highest BCUT2D eigenvalue weighted by atomic mass is 32.2. The Hall–Kier alpha value is -0.960. The molecule has 0 fully saturated rings. The van der Waals surface area contributed by atoms with Crippen LogP contribution in [-0.4, -0.2) is 21.5 Å². The van der Waals surface area contributed by atoms with Crippen molar-refractivity contribution in [2.45, 2.75) is 26.2 Å². The van der Waals surface area contributed by atoms with Gasteiger partial charge in [-0.25, -0.2) is 0 Å². The zero-order valence-corrected chi connectivity index (χ0v) is 10.5. The molecule has 0 bridgehead atoms. The van der Waals surface area contributed by atoms with E-state index in [0.717, 1.165) is 24.2 Å². The summed E-state index contributed by atoms with van der Waals surface area (Å²) >= 11 is 0. The summed E-state index contributed by atoms with van der Waals surface area (Å²) in [7, 11) is -0.745. The Labute approximate surface area is 99.5 Å². The first-order chi connectivity index (χ1) is 7.74. The summed E-state index contributed by atoms with van der Waals surface area (Å²) in [6, 6.07) is 9.27. The van der Waals surface area contributed by atoms with Gasteiger partial charge in [-0.3, -0.25) is 9.00 Å². The van der Waals surface area contributed by atoms with Crippen molar-refractivity contribution >= 4 is 16.6 Å². The fourth-order valence-corrected chi connectivity index (χ4v) is 2.62. The minimum Gasteiger partial charge on any atom is -0.294 e. The highest BCUT2D eigenvalue weighted by Gasteiger charge is 2.05. The third-order valence-electron chi connectivity index (χ3n) is 2.30. The number of carbonyl (C=O) groups excluding carboxylic acids is 1. The summed E-state index contributed by atoms with van der Waals surface area (Å²) in [4.78, 5) is 11.7. The van der Waals surface area contributed by atoms with Gasteiger partial charge in [0.15, 0.2) is 5.78 Å². The predicted molar refractivity (Wildman–Crippen MR) is 68.2 cm³/mol. The third-order valence-corrected chi connectivity index (χ3v) is 3.91. The molecule has 0 saturated heterocycles. The fourth-order valence-electron chi connectivity index (χ4n) is 1.49. The molecule has 0 aliphatic rings. The Kier molecular flexibility index (Phi) is 6.01. The predicted octanol–water partition coefficient (Wildman–Crippen LogP) is 2.81. The standard InChI is InChI=1S/C13H18O2S/c1-2-10-16(15)11-6-9-13(14)12-7-4-3-5-8-12/h3-5,7-8H,2,6,9-11H2,1H3. The van der Waals surface area contributed by atoms with Crippen molar-refractivity contribution in [3.05, 3.63) is 35.9 Å². The van der Waals surface area contributed by atoms with Gasteiger partial charge in [0.25, 0.3) is 0 Å². The fraction of sp³-hybridized carbons (Fsp3) is 0.462. The van der Waals surface area contributed by atoms with Crippen LogP contribution in [0.5, 0.6) is 0 Å². The molecule has 1 unspecified atom stereocenters. The Morgan fingerprint density at radius 1 is 1.19 bits per heavy atom. The molecule has 0 N–H and O–H groups in total. The first-order valence-electron chi connectivity index (χ1n) is 5.67. The summed E-state index contributed by atoms with van der Waals surface area (Å²) in [5, 5.41) is 0. The summed E-state index contributed by atoms with van der Waals surface area (Å²) in [5.41, 5.74) is 0.753. The van der Waals surface area contributed by atoms with Crippen LogP contribution in [0.3, 0.4) is 0 Å².